The number of esters is 1. The Kier molecular flexibility index (Phi) is 5.26. The van der Waals surface area contributed by atoms with Crippen LogP contribution in [0, 0.1) is 0 Å². The van der Waals surface area contributed by atoms with Crippen LogP contribution in [0.25, 0.3) is 5.76 Å². The van der Waals surface area contributed by atoms with Crippen LogP contribution in [0.1, 0.15) is 12.5 Å². The van der Waals surface area contributed by atoms with Gasteiger partial charge in [-0.3, -0.25) is 9.59 Å². The number of rotatable bonds is 5. The Morgan fingerprint density at radius 3 is 2.26 bits per heavy atom. The Hall–Kier alpha value is -2.14. The van der Waals surface area contributed by atoms with Crippen LogP contribution in [0.3, 0.4) is 0 Å². The third kappa shape index (κ3) is 3.66. The largest absolute Gasteiger partial charge is 0.506 e. The fourth-order valence-electron chi connectivity index (χ4n) is 1.34. The number of Topliss-reactive ketones (excluding diaryl/α,β-unsaturated/α-hetero) is 1. The molecule has 0 bridgehead atoms. The summed E-state index contributed by atoms with van der Waals surface area (Å²) in [5, 5.41) is 8.57. The second-order valence-corrected chi connectivity index (χ2v) is 3.76. The average molecular weight is 283 g/mol. The van der Waals surface area contributed by atoms with Gasteiger partial charge in [0.15, 0.2) is 5.57 Å². The molecule has 100 valence electrons. The summed E-state index contributed by atoms with van der Waals surface area (Å²) >= 11 is 5.06. The van der Waals surface area contributed by atoms with Crippen LogP contribution >= 0.6 is 11.6 Å². The number of halogens is 1. The molecule has 1 rings (SSSR count). The molecule has 1 aromatic rings. The van der Waals surface area contributed by atoms with Crippen LogP contribution in [0.4, 0.5) is 0 Å². The van der Waals surface area contributed by atoms with Gasteiger partial charge in [0.05, 0.1) is 6.61 Å². The standard InChI is InChI=1S/C13H11ClO5/c1-2-19-13(18)9(11(16)12(14)17)10(15)8-6-4-3-5-7-8/h3-7,15H,2H2,1H3. The van der Waals surface area contributed by atoms with Crippen LogP contribution in [0.5, 0.6) is 0 Å². The number of hydrogen-bond donors (Lipinski definition) is 1. The van der Waals surface area contributed by atoms with Crippen molar-refractivity contribution in [2.75, 3.05) is 6.61 Å². The number of benzene rings is 1. The van der Waals surface area contributed by atoms with Crippen molar-refractivity contribution in [3.8, 4) is 0 Å². The van der Waals surface area contributed by atoms with Crippen molar-refractivity contribution in [1.82, 2.24) is 0 Å². The molecule has 0 fully saturated rings. The lowest BCUT2D eigenvalue weighted by atomic mass is 10.1. The van der Waals surface area contributed by atoms with Crippen molar-refractivity contribution in [3.05, 3.63) is 41.5 Å². The molecular weight excluding hydrogens is 272 g/mol. The SMILES string of the molecule is CCOC(=O)C(C(=O)C(=O)Cl)=C(O)c1ccccc1. The van der Waals surface area contributed by atoms with Gasteiger partial charge < -0.3 is 9.84 Å². The average Bonchev–Trinajstić information content (AvgIpc) is 2.40. The molecule has 0 aromatic heterocycles. The lowest BCUT2D eigenvalue weighted by Crippen LogP contribution is -2.22. The molecule has 19 heavy (non-hydrogen) atoms. The lowest BCUT2D eigenvalue weighted by molar-refractivity contribution is -0.141. The Morgan fingerprint density at radius 2 is 1.79 bits per heavy atom. The molecule has 0 radical (unpaired) electrons. The molecule has 1 aromatic carbocycles. The molecule has 6 heteroatoms. The third-order valence-corrected chi connectivity index (χ3v) is 2.34. The van der Waals surface area contributed by atoms with Gasteiger partial charge in [-0.05, 0) is 18.5 Å². The molecule has 0 amide bonds. The number of carbonyl (C=O) groups excluding carboxylic acids is 3. The number of ketones is 1. The summed E-state index contributed by atoms with van der Waals surface area (Å²) in [6.07, 6.45) is 0. The van der Waals surface area contributed by atoms with Gasteiger partial charge >= 0.3 is 5.97 Å². The minimum Gasteiger partial charge on any atom is -0.506 e. The van der Waals surface area contributed by atoms with E-state index in [1.54, 1.807) is 18.2 Å². The molecule has 0 heterocycles. The summed E-state index contributed by atoms with van der Waals surface area (Å²) in [7, 11) is 0. The highest BCUT2D eigenvalue weighted by molar-refractivity contribution is 6.84. The number of ether oxygens (including phenoxy) is 1. The van der Waals surface area contributed by atoms with Gasteiger partial charge in [-0.25, -0.2) is 4.79 Å². The van der Waals surface area contributed by atoms with Crippen molar-refractivity contribution < 1.29 is 24.2 Å². The number of hydrogen-bond acceptors (Lipinski definition) is 5. The maximum Gasteiger partial charge on any atom is 0.346 e. The van der Waals surface area contributed by atoms with Crippen LogP contribution in [0.15, 0.2) is 35.9 Å². The van der Waals surface area contributed by atoms with Gasteiger partial charge in [-0.15, -0.1) is 0 Å². The fourth-order valence-corrected chi connectivity index (χ4v) is 1.43. The van der Waals surface area contributed by atoms with Crippen LogP contribution < -0.4 is 0 Å². The first-order valence-electron chi connectivity index (χ1n) is 5.39. The highest BCUT2D eigenvalue weighted by Crippen LogP contribution is 2.18. The highest BCUT2D eigenvalue weighted by Gasteiger charge is 2.29. The minimum atomic E-state index is -1.37. The second-order valence-electron chi connectivity index (χ2n) is 3.41. The number of carbonyl (C=O) groups is 3. The van der Waals surface area contributed by atoms with Crippen molar-refractivity contribution in [3.63, 3.8) is 0 Å². The monoisotopic (exact) mass is 282 g/mol. The summed E-state index contributed by atoms with van der Waals surface area (Å²) in [6, 6.07) is 7.83. The van der Waals surface area contributed by atoms with E-state index in [0.29, 0.717) is 0 Å². The number of aliphatic hydroxyl groups excluding tert-OH is 1. The summed E-state index contributed by atoms with van der Waals surface area (Å²) in [5.41, 5.74) is -0.565. The van der Waals surface area contributed by atoms with E-state index in [0.717, 1.165) is 0 Å². The Labute approximate surface area is 114 Å². The fraction of sp³-hybridized carbons (Fsp3) is 0.154. The van der Waals surface area contributed by atoms with Crippen molar-refractivity contribution in [1.29, 1.82) is 0 Å². The quantitative estimate of drug-likeness (QED) is 0.170. The van der Waals surface area contributed by atoms with Crippen LogP contribution in [-0.4, -0.2) is 28.7 Å². The zero-order valence-corrected chi connectivity index (χ0v) is 10.8. The molecule has 0 aliphatic carbocycles. The maximum atomic E-state index is 11.6. The Morgan fingerprint density at radius 1 is 1.21 bits per heavy atom. The van der Waals surface area contributed by atoms with E-state index in [2.05, 4.69) is 4.74 Å². The molecule has 0 saturated carbocycles. The van der Waals surface area contributed by atoms with Gasteiger partial charge in [0, 0.05) is 5.56 Å². The summed E-state index contributed by atoms with van der Waals surface area (Å²) in [4.78, 5) is 34.1. The van der Waals surface area contributed by atoms with Crippen molar-refractivity contribution in [2.24, 2.45) is 0 Å². The van der Waals surface area contributed by atoms with Gasteiger partial charge in [0.1, 0.15) is 5.76 Å². The molecule has 0 spiro atoms. The van der Waals surface area contributed by atoms with E-state index in [9.17, 15) is 19.5 Å². The molecule has 0 aliphatic heterocycles. The predicted molar refractivity (Wildman–Crippen MR) is 68.5 cm³/mol. The first-order chi connectivity index (χ1) is 8.99. The van der Waals surface area contributed by atoms with Crippen LogP contribution in [0.2, 0.25) is 0 Å². The van der Waals surface area contributed by atoms with E-state index in [1.165, 1.54) is 19.1 Å². The number of aliphatic hydroxyl groups is 1. The van der Waals surface area contributed by atoms with E-state index < -0.39 is 28.3 Å². The molecule has 0 aliphatic rings. The maximum absolute atomic E-state index is 11.6. The molecule has 0 unspecified atom stereocenters. The second kappa shape index (κ2) is 6.70. The zero-order valence-electron chi connectivity index (χ0n) is 10.1. The van der Waals surface area contributed by atoms with Gasteiger partial charge in [-0.2, -0.15) is 0 Å². The van der Waals surface area contributed by atoms with Gasteiger partial charge in [0.2, 0.25) is 0 Å². The smallest absolute Gasteiger partial charge is 0.346 e. The third-order valence-electron chi connectivity index (χ3n) is 2.17. The first-order valence-corrected chi connectivity index (χ1v) is 5.76. The lowest BCUT2D eigenvalue weighted by Gasteiger charge is -2.07. The van der Waals surface area contributed by atoms with E-state index in [4.69, 9.17) is 11.6 Å². The molecular formula is C13H11ClO5. The predicted octanol–water partition coefficient (Wildman–Crippen LogP) is 1.85. The first kappa shape index (κ1) is 14.9. The van der Waals surface area contributed by atoms with Gasteiger partial charge in [-0.1, -0.05) is 30.3 Å². The summed E-state index contributed by atoms with van der Waals surface area (Å²) in [6.45, 7) is 1.52. The van der Waals surface area contributed by atoms with Gasteiger partial charge in [0.25, 0.3) is 11.0 Å². The highest BCUT2D eigenvalue weighted by atomic mass is 35.5. The Balaban J connectivity index is 3.33. The minimum absolute atomic E-state index is 0.00579. The zero-order chi connectivity index (χ0) is 14.4. The molecule has 5 nitrogen and oxygen atoms in total. The Bertz CT molecular complexity index is 533. The molecule has 0 atom stereocenters. The van der Waals surface area contributed by atoms with E-state index in [-0.39, 0.29) is 12.2 Å². The molecule has 0 saturated heterocycles. The van der Waals surface area contributed by atoms with Crippen molar-refractivity contribution >= 4 is 34.4 Å². The van der Waals surface area contributed by atoms with Crippen LogP contribution in [-0.2, 0) is 19.1 Å². The summed E-state index contributed by atoms with van der Waals surface area (Å²) < 4.78 is 4.63. The van der Waals surface area contributed by atoms with E-state index in [1.807, 2.05) is 0 Å². The normalized spacial score (nSPS) is 11.5. The summed E-state index contributed by atoms with van der Waals surface area (Å²) in [5.74, 6) is -3.04. The van der Waals surface area contributed by atoms with E-state index >= 15 is 0 Å². The molecule has 1 N–H and O–H groups in total. The topological polar surface area (TPSA) is 80.7 Å². The van der Waals surface area contributed by atoms with Crippen molar-refractivity contribution in [2.45, 2.75) is 6.92 Å².